The Labute approximate surface area is 184 Å². The monoisotopic (exact) mass is 423 g/mol. The Morgan fingerprint density at radius 3 is 2.42 bits per heavy atom. The minimum Gasteiger partial charge on any atom is -0.497 e. The third-order valence-electron chi connectivity index (χ3n) is 5.29. The van der Waals surface area contributed by atoms with Gasteiger partial charge < -0.3 is 25.2 Å². The van der Waals surface area contributed by atoms with E-state index in [2.05, 4.69) is 34.6 Å². The van der Waals surface area contributed by atoms with Gasteiger partial charge in [-0.1, -0.05) is 5.16 Å². The van der Waals surface area contributed by atoms with Crippen molar-refractivity contribution in [3.05, 3.63) is 47.9 Å². The third-order valence-corrected chi connectivity index (χ3v) is 5.29. The van der Waals surface area contributed by atoms with Crippen molar-refractivity contribution in [3.8, 4) is 28.3 Å². The van der Waals surface area contributed by atoms with E-state index in [1.54, 1.807) is 7.11 Å². The average Bonchev–Trinajstić information content (AvgIpc) is 3.13. The summed E-state index contributed by atoms with van der Waals surface area (Å²) in [4.78, 5) is 7.23. The number of anilines is 1. The molecule has 0 atom stereocenters. The molecule has 7 nitrogen and oxygen atoms in total. The lowest BCUT2D eigenvalue weighted by molar-refractivity contribution is 0.330. The van der Waals surface area contributed by atoms with E-state index < -0.39 is 0 Å². The first-order valence-electron chi connectivity index (χ1n) is 10.7. The molecule has 31 heavy (non-hydrogen) atoms. The zero-order valence-electron chi connectivity index (χ0n) is 18.9. The van der Waals surface area contributed by atoms with Crippen LogP contribution < -0.4 is 15.8 Å². The highest BCUT2D eigenvalue weighted by Crippen LogP contribution is 2.31. The molecule has 0 aliphatic carbocycles. The molecular formula is C24H33N5O2. The van der Waals surface area contributed by atoms with Crippen LogP contribution in [0.1, 0.15) is 24.3 Å². The Morgan fingerprint density at radius 2 is 1.77 bits per heavy atom. The van der Waals surface area contributed by atoms with E-state index in [1.165, 1.54) is 0 Å². The molecule has 7 heteroatoms. The summed E-state index contributed by atoms with van der Waals surface area (Å²) in [5, 5.41) is 7.66. The fourth-order valence-corrected chi connectivity index (χ4v) is 3.57. The largest absolute Gasteiger partial charge is 0.497 e. The minimum absolute atomic E-state index is 0.734. The molecule has 0 bridgehead atoms. The predicted molar refractivity (Wildman–Crippen MR) is 125 cm³/mol. The minimum atomic E-state index is 0.734. The second-order valence-electron chi connectivity index (χ2n) is 7.78. The number of hydrogen-bond acceptors (Lipinski definition) is 7. The number of methoxy groups -OCH3 is 1. The SMILES string of the molecule is COc1ccc(-c2cc(NCCCN(C)CCCN)cc(-c3c(C)noc3C)n2)cc1. The quantitative estimate of drug-likeness (QED) is 0.449. The van der Waals surface area contributed by atoms with Crippen LogP contribution in [0.15, 0.2) is 40.9 Å². The second-order valence-corrected chi connectivity index (χ2v) is 7.78. The van der Waals surface area contributed by atoms with Crippen molar-refractivity contribution < 1.29 is 9.26 Å². The third kappa shape index (κ3) is 6.06. The molecule has 0 fully saturated rings. The molecule has 0 saturated carbocycles. The Balaban J connectivity index is 1.81. The smallest absolute Gasteiger partial charge is 0.143 e. The van der Waals surface area contributed by atoms with Crippen molar-refractivity contribution in [2.45, 2.75) is 26.7 Å². The number of nitrogens with zero attached hydrogens (tertiary/aromatic N) is 3. The van der Waals surface area contributed by atoms with Crippen LogP contribution in [-0.4, -0.2) is 55.4 Å². The van der Waals surface area contributed by atoms with Gasteiger partial charge >= 0.3 is 0 Å². The van der Waals surface area contributed by atoms with Gasteiger partial charge in [-0.2, -0.15) is 0 Å². The highest BCUT2D eigenvalue weighted by Gasteiger charge is 2.15. The van der Waals surface area contributed by atoms with Crippen LogP contribution in [0.5, 0.6) is 5.75 Å². The molecular weight excluding hydrogens is 390 g/mol. The number of hydrogen-bond donors (Lipinski definition) is 2. The summed E-state index contributed by atoms with van der Waals surface area (Å²) in [5.41, 5.74) is 11.2. The van der Waals surface area contributed by atoms with Gasteiger partial charge in [0.15, 0.2) is 0 Å². The maximum absolute atomic E-state index is 5.60. The zero-order valence-corrected chi connectivity index (χ0v) is 18.9. The summed E-state index contributed by atoms with van der Waals surface area (Å²) >= 11 is 0. The standard InChI is InChI=1S/C24H33N5O2/c1-17-24(18(2)31-28-17)23-16-20(26-12-6-14-29(3)13-5-11-25)15-22(27-23)19-7-9-21(30-4)10-8-19/h7-10,15-16H,5-6,11-14,25H2,1-4H3,(H,26,27). The topological polar surface area (TPSA) is 89.4 Å². The zero-order chi connectivity index (χ0) is 22.2. The summed E-state index contributed by atoms with van der Waals surface area (Å²) in [6.07, 6.45) is 2.07. The van der Waals surface area contributed by atoms with Gasteiger partial charge in [0.05, 0.1) is 29.8 Å². The average molecular weight is 424 g/mol. The van der Waals surface area contributed by atoms with E-state index in [4.69, 9.17) is 20.0 Å². The van der Waals surface area contributed by atoms with E-state index in [0.717, 1.165) is 84.4 Å². The molecule has 0 spiro atoms. The fourth-order valence-electron chi connectivity index (χ4n) is 3.57. The Morgan fingerprint density at radius 1 is 1.06 bits per heavy atom. The Bertz CT molecular complexity index is 949. The van der Waals surface area contributed by atoms with Gasteiger partial charge in [0.25, 0.3) is 0 Å². The lowest BCUT2D eigenvalue weighted by Gasteiger charge is -2.16. The highest BCUT2D eigenvalue weighted by molar-refractivity contribution is 5.74. The van der Waals surface area contributed by atoms with Crippen molar-refractivity contribution >= 4 is 5.69 Å². The molecule has 3 aromatic rings. The van der Waals surface area contributed by atoms with Gasteiger partial charge in [0.2, 0.25) is 0 Å². The van der Waals surface area contributed by atoms with Crippen LogP contribution in [0.4, 0.5) is 5.69 Å². The van der Waals surface area contributed by atoms with E-state index in [0.29, 0.717) is 0 Å². The fraction of sp³-hybridized carbons (Fsp3) is 0.417. The number of pyridine rings is 1. The lowest BCUT2D eigenvalue weighted by Crippen LogP contribution is -2.24. The molecule has 0 amide bonds. The molecule has 1 aromatic carbocycles. The summed E-state index contributed by atoms with van der Waals surface area (Å²) < 4.78 is 10.7. The lowest BCUT2D eigenvalue weighted by atomic mass is 10.1. The van der Waals surface area contributed by atoms with Gasteiger partial charge in [-0.3, -0.25) is 0 Å². The van der Waals surface area contributed by atoms with Crippen LogP contribution in [0.2, 0.25) is 0 Å². The van der Waals surface area contributed by atoms with E-state index in [9.17, 15) is 0 Å². The van der Waals surface area contributed by atoms with Crippen molar-refractivity contribution in [2.24, 2.45) is 5.73 Å². The van der Waals surface area contributed by atoms with E-state index in [-0.39, 0.29) is 0 Å². The number of nitrogens with two attached hydrogens (primary N) is 1. The molecule has 2 heterocycles. The summed E-state index contributed by atoms with van der Waals surface area (Å²) in [5.74, 6) is 1.59. The number of benzene rings is 1. The van der Waals surface area contributed by atoms with Crippen LogP contribution in [0.3, 0.4) is 0 Å². The Kier molecular flexibility index (Phi) is 8.03. The first kappa shape index (κ1) is 22.8. The first-order chi connectivity index (χ1) is 15.0. The molecule has 0 radical (unpaired) electrons. The molecule has 166 valence electrons. The highest BCUT2D eigenvalue weighted by atomic mass is 16.5. The van der Waals surface area contributed by atoms with Gasteiger partial charge in [-0.25, -0.2) is 4.98 Å². The van der Waals surface area contributed by atoms with Crippen LogP contribution in [0, 0.1) is 13.8 Å². The van der Waals surface area contributed by atoms with Crippen molar-refractivity contribution in [1.82, 2.24) is 15.0 Å². The second kappa shape index (κ2) is 10.9. The van der Waals surface area contributed by atoms with Gasteiger partial charge in [0.1, 0.15) is 11.5 Å². The van der Waals surface area contributed by atoms with Crippen molar-refractivity contribution in [2.75, 3.05) is 45.7 Å². The normalized spacial score (nSPS) is 11.2. The number of rotatable bonds is 11. The molecule has 0 aliphatic rings. The molecule has 0 aliphatic heterocycles. The van der Waals surface area contributed by atoms with Crippen LogP contribution in [-0.2, 0) is 0 Å². The van der Waals surface area contributed by atoms with Crippen molar-refractivity contribution in [1.29, 1.82) is 0 Å². The number of aryl methyl sites for hydroxylation is 2. The van der Waals surface area contributed by atoms with Crippen LogP contribution >= 0.6 is 0 Å². The number of nitrogens with one attached hydrogen (secondary N) is 1. The van der Waals surface area contributed by atoms with Crippen LogP contribution in [0.25, 0.3) is 22.5 Å². The predicted octanol–water partition coefficient (Wildman–Crippen LogP) is 4.11. The molecule has 3 rings (SSSR count). The molecule has 0 saturated heterocycles. The van der Waals surface area contributed by atoms with E-state index >= 15 is 0 Å². The van der Waals surface area contributed by atoms with Gasteiger partial charge in [-0.05, 0) is 89.8 Å². The van der Waals surface area contributed by atoms with Crippen molar-refractivity contribution in [3.63, 3.8) is 0 Å². The maximum Gasteiger partial charge on any atom is 0.143 e. The summed E-state index contributed by atoms with van der Waals surface area (Å²) in [6.45, 7) is 7.53. The van der Waals surface area contributed by atoms with Gasteiger partial charge in [0, 0.05) is 17.8 Å². The maximum atomic E-state index is 5.60. The number of ether oxygens (including phenoxy) is 1. The molecule has 0 unspecified atom stereocenters. The Hall–Kier alpha value is -2.90. The number of aromatic nitrogens is 2. The summed E-state index contributed by atoms with van der Waals surface area (Å²) in [6, 6.07) is 12.1. The molecule has 3 N–H and O–H groups in total. The van der Waals surface area contributed by atoms with Gasteiger partial charge in [-0.15, -0.1) is 0 Å². The summed E-state index contributed by atoms with van der Waals surface area (Å²) in [7, 11) is 3.81. The van der Waals surface area contributed by atoms with E-state index in [1.807, 2.05) is 38.1 Å². The first-order valence-corrected chi connectivity index (χ1v) is 10.7. The molecule has 2 aromatic heterocycles.